The number of rotatable bonds is 3. The van der Waals surface area contributed by atoms with Crippen molar-refractivity contribution in [2.24, 2.45) is 0 Å². The fourth-order valence-electron chi connectivity index (χ4n) is 2.71. The minimum Gasteiger partial charge on any atom is -0.384 e. The second-order valence-corrected chi connectivity index (χ2v) is 4.92. The molecule has 0 spiro atoms. The Bertz CT molecular complexity index is 386. The Kier molecular flexibility index (Phi) is 3.29. The molecule has 0 bridgehead atoms. The number of nitrogens with one attached hydrogen (secondary N) is 2. The number of benzene rings is 1. The summed E-state index contributed by atoms with van der Waals surface area (Å²) in [6, 6.07) is 7.14. The summed E-state index contributed by atoms with van der Waals surface area (Å²) in [6.45, 7) is 3.83. The van der Waals surface area contributed by atoms with E-state index in [1.54, 1.807) is 0 Å². The SMILES string of the molecule is c1cc2c(c(CNC3CCCOC3)c1)NCC2. The lowest BCUT2D eigenvalue weighted by Gasteiger charge is -2.23. The summed E-state index contributed by atoms with van der Waals surface area (Å²) in [5.41, 5.74) is 4.21. The van der Waals surface area contributed by atoms with Crippen LogP contribution in [0.15, 0.2) is 18.2 Å². The van der Waals surface area contributed by atoms with Gasteiger partial charge in [0.2, 0.25) is 0 Å². The zero-order chi connectivity index (χ0) is 11.5. The first-order valence-electron chi connectivity index (χ1n) is 6.59. The van der Waals surface area contributed by atoms with Crippen molar-refractivity contribution in [2.45, 2.75) is 31.8 Å². The standard InChI is InChI=1S/C14H20N2O/c1-3-11-6-7-15-14(11)12(4-1)9-16-13-5-2-8-17-10-13/h1,3-4,13,15-16H,2,5-10H2. The molecule has 1 unspecified atom stereocenters. The third-order valence-electron chi connectivity index (χ3n) is 3.67. The molecule has 0 aliphatic carbocycles. The molecule has 2 N–H and O–H groups in total. The van der Waals surface area contributed by atoms with Crippen molar-refractivity contribution in [3.05, 3.63) is 29.3 Å². The van der Waals surface area contributed by atoms with Crippen molar-refractivity contribution in [1.29, 1.82) is 0 Å². The van der Waals surface area contributed by atoms with Crippen molar-refractivity contribution in [3.8, 4) is 0 Å². The van der Waals surface area contributed by atoms with Crippen molar-refractivity contribution >= 4 is 5.69 Å². The highest BCUT2D eigenvalue weighted by molar-refractivity contribution is 5.61. The van der Waals surface area contributed by atoms with E-state index in [9.17, 15) is 0 Å². The fourth-order valence-corrected chi connectivity index (χ4v) is 2.71. The van der Waals surface area contributed by atoms with Crippen LogP contribution < -0.4 is 10.6 Å². The summed E-state index contributed by atoms with van der Waals surface area (Å²) >= 11 is 0. The van der Waals surface area contributed by atoms with Gasteiger partial charge < -0.3 is 15.4 Å². The van der Waals surface area contributed by atoms with E-state index in [0.717, 1.165) is 32.7 Å². The van der Waals surface area contributed by atoms with E-state index in [2.05, 4.69) is 28.8 Å². The van der Waals surface area contributed by atoms with E-state index < -0.39 is 0 Å². The van der Waals surface area contributed by atoms with E-state index in [1.807, 2.05) is 0 Å². The van der Waals surface area contributed by atoms with Crippen LogP contribution in [0.25, 0.3) is 0 Å². The van der Waals surface area contributed by atoms with Crippen LogP contribution in [0.1, 0.15) is 24.0 Å². The Morgan fingerprint density at radius 1 is 1.41 bits per heavy atom. The van der Waals surface area contributed by atoms with Gasteiger partial charge in [0.25, 0.3) is 0 Å². The maximum Gasteiger partial charge on any atom is 0.0619 e. The Morgan fingerprint density at radius 3 is 3.29 bits per heavy atom. The first-order valence-corrected chi connectivity index (χ1v) is 6.59. The topological polar surface area (TPSA) is 33.3 Å². The largest absolute Gasteiger partial charge is 0.384 e. The lowest BCUT2D eigenvalue weighted by atomic mass is 10.1. The van der Waals surface area contributed by atoms with Gasteiger partial charge >= 0.3 is 0 Å². The maximum absolute atomic E-state index is 5.49. The maximum atomic E-state index is 5.49. The van der Waals surface area contributed by atoms with E-state index in [-0.39, 0.29) is 0 Å². The van der Waals surface area contributed by atoms with Crippen LogP contribution >= 0.6 is 0 Å². The Morgan fingerprint density at radius 2 is 2.41 bits per heavy atom. The van der Waals surface area contributed by atoms with Crippen LogP contribution in [0.3, 0.4) is 0 Å². The molecule has 1 atom stereocenters. The highest BCUT2D eigenvalue weighted by Gasteiger charge is 2.16. The molecule has 1 fully saturated rings. The lowest BCUT2D eigenvalue weighted by molar-refractivity contribution is 0.0699. The summed E-state index contributed by atoms with van der Waals surface area (Å²) in [5.74, 6) is 0. The average molecular weight is 232 g/mol. The van der Waals surface area contributed by atoms with Gasteiger partial charge in [-0.05, 0) is 30.4 Å². The van der Waals surface area contributed by atoms with Crippen molar-refractivity contribution < 1.29 is 4.74 Å². The lowest BCUT2D eigenvalue weighted by Crippen LogP contribution is -2.36. The van der Waals surface area contributed by atoms with Gasteiger partial charge in [0.05, 0.1) is 6.61 Å². The Labute approximate surface area is 103 Å². The van der Waals surface area contributed by atoms with Gasteiger partial charge in [-0.25, -0.2) is 0 Å². The molecule has 17 heavy (non-hydrogen) atoms. The normalized spacial score (nSPS) is 23.2. The van der Waals surface area contributed by atoms with E-state index in [1.165, 1.54) is 29.7 Å². The predicted octanol–water partition coefficient (Wildman–Crippen LogP) is 1.92. The molecule has 0 aromatic heterocycles. The molecule has 2 heterocycles. The number of anilines is 1. The molecule has 3 heteroatoms. The molecule has 3 nitrogen and oxygen atoms in total. The molecule has 0 radical (unpaired) electrons. The van der Waals surface area contributed by atoms with Gasteiger partial charge in [-0.15, -0.1) is 0 Å². The average Bonchev–Trinajstić information content (AvgIpc) is 2.86. The minimum atomic E-state index is 0.529. The quantitative estimate of drug-likeness (QED) is 0.835. The minimum absolute atomic E-state index is 0.529. The molecule has 0 saturated carbocycles. The number of fused-ring (bicyclic) bond motifs is 1. The summed E-state index contributed by atoms with van der Waals surface area (Å²) in [7, 11) is 0. The molecule has 1 aromatic carbocycles. The zero-order valence-electron chi connectivity index (χ0n) is 10.2. The summed E-state index contributed by atoms with van der Waals surface area (Å²) in [4.78, 5) is 0. The molecular formula is C14H20N2O. The highest BCUT2D eigenvalue weighted by atomic mass is 16.5. The van der Waals surface area contributed by atoms with Crippen LogP contribution in [-0.2, 0) is 17.7 Å². The molecule has 3 rings (SSSR count). The number of hydrogen-bond acceptors (Lipinski definition) is 3. The Balaban J connectivity index is 1.63. The zero-order valence-corrected chi connectivity index (χ0v) is 10.2. The number of para-hydroxylation sites is 1. The third-order valence-corrected chi connectivity index (χ3v) is 3.67. The van der Waals surface area contributed by atoms with Crippen LogP contribution in [-0.4, -0.2) is 25.8 Å². The van der Waals surface area contributed by atoms with Gasteiger partial charge in [-0.1, -0.05) is 18.2 Å². The van der Waals surface area contributed by atoms with Gasteiger partial charge in [-0.2, -0.15) is 0 Å². The molecule has 1 saturated heterocycles. The first kappa shape index (κ1) is 11.1. The monoisotopic (exact) mass is 232 g/mol. The molecule has 2 aliphatic heterocycles. The number of ether oxygens (including phenoxy) is 1. The molecular weight excluding hydrogens is 212 g/mol. The predicted molar refractivity (Wildman–Crippen MR) is 69.3 cm³/mol. The highest BCUT2D eigenvalue weighted by Crippen LogP contribution is 2.26. The summed E-state index contributed by atoms with van der Waals surface area (Å²) < 4.78 is 5.49. The van der Waals surface area contributed by atoms with E-state index >= 15 is 0 Å². The second kappa shape index (κ2) is 5.07. The van der Waals surface area contributed by atoms with Crippen molar-refractivity contribution in [3.63, 3.8) is 0 Å². The van der Waals surface area contributed by atoms with Gasteiger partial charge in [-0.3, -0.25) is 0 Å². The van der Waals surface area contributed by atoms with Crippen LogP contribution in [0, 0.1) is 0 Å². The smallest absolute Gasteiger partial charge is 0.0619 e. The van der Waals surface area contributed by atoms with Crippen LogP contribution in [0.5, 0.6) is 0 Å². The summed E-state index contributed by atoms with van der Waals surface area (Å²) in [5, 5.41) is 7.09. The third kappa shape index (κ3) is 2.45. The van der Waals surface area contributed by atoms with Gasteiger partial charge in [0, 0.05) is 31.4 Å². The Hall–Kier alpha value is -1.06. The molecule has 1 aromatic rings. The molecule has 92 valence electrons. The van der Waals surface area contributed by atoms with Gasteiger partial charge in [0.15, 0.2) is 0 Å². The summed E-state index contributed by atoms with van der Waals surface area (Å²) in [6.07, 6.45) is 3.58. The fraction of sp³-hybridized carbons (Fsp3) is 0.571. The van der Waals surface area contributed by atoms with Crippen LogP contribution in [0.2, 0.25) is 0 Å². The van der Waals surface area contributed by atoms with Crippen molar-refractivity contribution in [1.82, 2.24) is 5.32 Å². The van der Waals surface area contributed by atoms with Crippen molar-refractivity contribution in [2.75, 3.05) is 25.1 Å². The van der Waals surface area contributed by atoms with Crippen LogP contribution in [0.4, 0.5) is 5.69 Å². The second-order valence-electron chi connectivity index (χ2n) is 4.92. The first-order chi connectivity index (χ1) is 8.43. The van der Waals surface area contributed by atoms with E-state index in [0.29, 0.717) is 6.04 Å². The van der Waals surface area contributed by atoms with Gasteiger partial charge in [0.1, 0.15) is 0 Å². The molecule has 2 aliphatic rings. The van der Waals surface area contributed by atoms with E-state index in [4.69, 9.17) is 4.74 Å². The molecule has 0 amide bonds. The number of hydrogen-bond donors (Lipinski definition) is 2.